The van der Waals surface area contributed by atoms with Crippen LogP contribution in [0.3, 0.4) is 0 Å². The van der Waals surface area contributed by atoms with Crippen molar-refractivity contribution in [2.75, 3.05) is 5.73 Å². The lowest BCUT2D eigenvalue weighted by Gasteiger charge is -2.03. The van der Waals surface area contributed by atoms with Crippen LogP contribution in [-0.4, -0.2) is 9.55 Å². The van der Waals surface area contributed by atoms with Crippen LogP contribution in [0.5, 0.6) is 0 Å². The lowest BCUT2D eigenvalue weighted by atomic mass is 10.1. The average molecular weight is 285 g/mol. The first kappa shape index (κ1) is 13.3. The first-order chi connectivity index (χ1) is 10.1. The Morgan fingerprint density at radius 1 is 1.05 bits per heavy atom. The Kier molecular flexibility index (Phi) is 3.17. The van der Waals surface area contributed by atoms with E-state index in [2.05, 4.69) is 4.98 Å². The molecule has 5 heteroatoms. The molecule has 0 aliphatic rings. The van der Waals surface area contributed by atoms with Crippen molar-refractivity contribution in [1.29, 1.82) is 0 Å². The molecule has 2 aromatic carbocycles. The van der Waals surface area contributed by atoms with E-state index in [0.29, 0.717) is 11.6 Å². The van der Waals surface area contributed by atoms with Crippen molar-refractivity contribution in [2.24, 2.45) is 7.05 Å². The fourth-order valence-electron chi connectivity index (χ4n) is 2.23. The Bertz CT molecular complexity index is 795. The number of rotatable bonds is 2. The van der Waals surface area contributed by atoms with Crippen LogP contribution in [0.25, 0.3) is 22.6 Å². The van der Waals surface area contributed by atoms with E-state index in [0.717, 1.165) is 23.8 Å². The number of nitrogen functional groups attached to an aromatic ring is 1. The molecule has 0 spiro atoms. The van der Waals surface area contributed by atoms with E-state index in [1.807, 2.05) is 30.3 Å². The van der Waals surface area contributed by atoms with Gasteiger partial charge in [-0.1, -0.05) is 30.3 Å². The lowest BCUT2D eigenvalue weighted by molar-refractivity contribution is 0.603. The molecule has 1 heterocycles. The molecular weight excluding hydrogens is 272 g/mol. The van der Waals surface area contributed by atoms with Crippen LogP contribution in [0.1, 0.15) is 0 Å². The summed E-state index contributed by atoms with van der Waals surface area (Å²) >= 11 is 0. The Balaban J connectivity index is 2.20. The molecule has 106 valence electrons. The van der Waals surface area contributed by atoms with E-state index in [1.54, 1.807) is 11.6 Å². The molecule has 2 N–H and O–H groups in total. The summed E-state index contributed by atoms with van der Waals surface area (Å²) in [6.07, 6.45) is 0. The first-order valence-corrected chi connectivity index (χ1v) is 6.41. The van der Waals surface area contributed by atoms with Gasteiger partial charge in [0.1, 0.15) is 29.0 Å². The SMILES string of the molecule is Cn1c(-c2ccccc2)nc(-c2cc(F)ccc2F)c1N. The molecule has 21 heavy (non-hydrogen) atoms. The van der Waals surface area contributed by atoms with Crippen LogP contribution in [-0.2, 0) is 7.05 Å². The van der Waals surface area contributed by atoms with Gasteiger partial charge in [-0.3, -0.25) is 0 Å². The molecule has 0 unspecified atom stereocenters. The monoisotopic (exact) mass is 285 g/mol. The number of nitrogens with two attached hydrogens (primary N) is 1. The van der Waals surface area contributed by atoms with E-state index in [9.17, 15) is 8.78 Å². The molecule has 0 saturated carbocycles. The third kappa shape index (κ3) is 2.27. The highest BCUT2D eigenvalue weighted by Crippen LogP contribution is 2.32. The second kappa shape index (κ2) is 5.01. The van der Waals surface area contributed by atoms with Crippen LogP contribution >= 0.6 is 0 Å². The third-order valence-corrected chi connectivity index (χ3v) is 3.35. The molecule has 0 amide bonds. The highest BCUT2D eigenvalue weighted by Gasteiger charge is 2.18. The molecule has 0 fully saturated rings. The van der Waals surface area contributed by atoms with E-state index in [4.69, 9.17) is 5.73 Å². The molecule has 1 aromatic heterocycles. The summed E-state index contributed by atoms with van der Waals surface area (Å²) in [4.78, 5) is 4.38. The number of hydrogen-bond acceptors (Lipinski definition) is 2. The topological polar surface area (TPSA) is 43.8 Å². The summed E-state index contributed by atoms with van der Waals surface area (Å²) in [6.45, 7) is 0. The Morgan fingerprint density at radius 3 is 2.48 bits per heavy atom. The van der Waals surface area contributed by atoms with Gasteiger partial charge in [0.05, 0.1) is 0 Å². The molecule has 3 nitrogen and oxygen atoms in total. The van der Waals surface area contributed by atoms with Gasteiger partial charge < -0.3 is 10.3 Å². The number of aromatic nitrogens is 2. The van der Waals surface area contributed by atoms with Crippen LogP contribution < -0.4 is 5.73 Å². The second-order valence-electron chi connectivity index (χ2n) is 4.72. The fourth-order valence-corrected chi connectivity index (χ4v) is 2.23. The maximum atomic E-state index is 13.9. The molecule has 0 aliphatic heterocycles. The van der Waals surface area contributed by atoms with Gasteiger partial charge in [0.25, 0.3) is 0 Å². The molecule has 0 radical (unpaired) electrons. The van der Waals surface area contributed by atoms with Crippen molar-refractivity contribution in [3.05, 3.63) is 60.2 Å². The summed E-state index contributed by atoms with van der Waals surface area (Å²) in [5.41, 5.74) is 7.16. The van der Waals surface area contributed by atoms with Gasteiger partial charge in [0.2, 0.25) is 0 Å². The molecule has 3 aromatic rings. The van der Waals surface area contributed by atoms with Gasteiger partial charge in [0, 0.05) is 18.2 Å². The number of nitrogens with zero attached hydrogens (tertiary/aromatic N) is 2. The van der Waals surface area contributed by atoms with Crippen molar-refractivity contribution in [1.82, 2.24) is 9.55 Å². The Morgan fingerprint density at radius 2 is 1.76 bits per heavy atom. The second-order valence-corrected chi connectivity index (χ2v) is 4.72. The zero-order valence-corrected chi connectivity index (χ0v) is 11.3. The maximum Gasteiger partial charge on any atom is 0.142 e. The Hall–Kier alpha value is -2.69. The average Bonchev–Trinajstić information content (AvgIpc) is 2.79. The molecule has 0 atom stereocenters. The normalized spacial score (nSPS) is 10.8. The summed E-state index contributed by atoms with van der Waals surface area (Å²) < 4.78 is 28.9. The quantitative estimate of drug-likeness (QED) is 0.781. The van der Waals surface area contributed by atoms with E-state index >= 15 is 0 Å². The minimum atomic E-state index is -0.555. The number of benzene rings is 2. The van der Waals surface area contributed by atoms with E-state index < -0.39 is 11.6 Å². The van der Waals surface area contributed by atoms with Gasteiger partial charge in [-0.05, 0) is 18.2 Å². The predicted octanol–water partition coefficient (Wildman–Crippen LogP) is 3.61. The predicted molar refractivity (Wildman–Crippen MR) is 78.4 cm³/mol. The van der Waals surface area contributed by atoms with Crippen molar-refractivity contribution in [3.63, 3.8) is 0 Å². The smallest absolute Gasteiger partial charge is 0.142 e. The van der Waals surface area contributed by atoms with Crippen LogP contribution in [0.15, 0.2) is 48.5 Å². The van der Waals surface area contributed by atoms with E-state index in [1.165, 1.54) is 0 Å². The summed E-state index contributed by atoms with van der Waals surface area (Å²) in [5.74, 6) is -0.191. The van der Waals surface area contributed by atoms with Crippen LogP contribution in [0, 0.1) is 11.6 Å². The maximum absolute atomic E-state index is 13.9. The first-order valence-electron chi connectivity index (χ1n) is 6.41. The molecular formula is C16H13F2N3. The summed E-state index contributed by atoms with van der Waals surface area (Å²) in [5, 5.41) is 0. The van der Waals surface area contributed by atoms with Crippen molar-refractivity contribution in [3.8, 4) is 22.6 Å². The van der Waals surface area contributed by atoms with Gasteiger partial charge in [0.15, 0.2) is 0 Å². The molecule has 0 bridgehead atoms. The van der Waals surface area contributed by atoms with Crippen molar-refractivity contribution >= 4 is 5.82 Å². The van der Waals surface area contributed by atoms with Gasteiger partial charge in [-0.15, -0.1) is 0 Å². The number of anilines is 1. The summed E-state index contributed by atoms with van der Waals surface area (Å²) in [7, 11) is 1.74. The van der Waals surface area contributed by atoms with E-state index in [-0.39, 0.29) is 11.3 Å². The minimum Gasteiger partial charge on any atom is -0.383 e. The number of halogens is 2. The van der Waals surface area contributed by atoms with Gasteiger partial charge in [-0.25, -0.2) is 13.8 Å². The standard InChI is InChI=1S/C16H13F2N3/c1-21-15(19)14(12-9-11(17)7-8-13(12)18)20-16(21)10-5-3-2-4-6-10/h2-9H,19H2,1H3. The number of imidazole rings is 1. The van der Waals surface area contributed by atoms with Crippen molar-refractivity contribution < 1.29 is 8.78 Å². The highest BCUT2D eigenvalue weighted by atomic mass is 19.1. The largest absolute Gasteiger partial charge is 0.383 e. The molecule has 0 saturated heterocycles. The van der Waals surface area contributed by atoms with Gasteiger partial charge >= 0.3 is 0 Å². The van der Waals surface area contributed by atoms with Crippen LogP contribution in [0.4, 0.5) is 14.6 Å². The van der Waals surface area contributed by atoms with Gasteiger partial charge in [-0.2, -0.15) is 0 Å². The number of hydrogen-bond donors (Lipinski definition) is 1. The van der Waals surface area contributed by atoms with Crippen molar-refractivity contribution in [2.45, 2.75) is 0 Å². The molecule has 0 aliphatic carbocycles. The summed E-state index contributed by atoms with van der Waals surface area (Å²) in [6, 6.07) is 12.6. The fraction of sp³-hybridized carbons (Fsp3) is 0.0625. The Labute approximate surface area is 120 Å². The zero-order chi connectivity index (χ0) is 15.0. The molecule has 3 rings (SSSR count). The highest BCUT2D eigenvalue weighted by molar-refractivity contribution is 5.75. The van der Waals surface area contributed by atoms with Crippen LogP contribution in [0.2, 0.25) is 0 Å². The third-order valence-electron chi connectivity index (χ3n) is 3.35. The zero-order valence-electron chi connectivity index (χ0n) is 11.3. The lowest BCUT2D eigenvalue weighted by Crippen LogP contribution is -1.99. The minimum absolute atomic E-state index is 0.0604.